The molecule has 1 heterocycles. The molecule has 0 atom stereocenters. The topological polar surface area (TPSA) is 103 Å². The number of carbonyl (C=O) groups is 2. The van der Waals surface area contributed by atoms with Crippen molar-refractivity contribution in [3.8, 4) is 5.75 Å². The highest BCUT2D eigenvalue weighted by Crippen LogP contribution is 2.17. The molecule has 0 radical (unpaired) electrons. The Balaban J connectivity index is 0.00000288. The second kappa shape index (κ2) is 9.46. The van der Waals surface area contributed by atoms with Gasteiger partial charge in [0.25, 0.3) is 0 Å². The largest absolute Gasteiger partial charge is 0.497 e. The van der Waals surface area contributed by atoms with Gasteiger partial charge in [0.15, 0.2) is 0 Å². The number of nitrogens with two attached hydrogens (primary N) is 1. The van der Waals surface area contributed by atoms with Crippen LogP contribution in [0.3, 0.4) is 0 Å². The van der Waals surface area contributed by atoms with E-state index in [0.717, 1.165) is 11.3 Å². The second-order valence-electron chi connectivity index (χ2n) is 5.58. The van der Waals surface area contributed by atoms with Crippen LogP contribution in [0.2, 0.25) is 0 Å². The average Bonchev–Trinajstić information content (AvgIpc) is 2.58. The van der Waals surface area contributed by atoms with Gasteiger partial charge in [-0.05, 0) is 30.5 Å². The summed E-state index contributed by atoms with van der Waals surface area (Å²) in [6.07, 6.45) is 0.929. The number of hydrogen-bond acceptors (Lipinski definition) is 5. The van der Waals surface area contributed by atoms with Crippen LogP contribution in [0.15, 0.2) is 24.3 Å². The monoisotopic (exact) mass is 357 g/mol. The van der Waals surface area contributed by atoms with Gasteiger partial charge >= 0.3 is 0 Å². The van der Waals surface area contributed by atoms with Crippen LogP contribution in [0.4, 0.5) is 0 Å². The predicted molar refractivity (Wildman–Crippen MR) is 92.1 cm³/mol. The van der Waals surface area contributed by atoms with Gasteiger partial charge in [0, 0.05) is 19.8 Å². The molecule has 0 aromatic heterocycles. The number of hydrogen-bond donors (Lipinski definition) is 3. The smallest absolute Gasteiger partial charge is 0.240 e. The van der Waals surface area contributed by atoms with Crippen molar-refractivity contribution < 1.29 is 19.1 Å². The summed E-state index contributed by atoms with van der Waals surface area (Å²) < 4.78 is 10.3. The molecule has 4 N–H and O–H groups in total. The fraction of sp³-hybridized carbons (Fsp3) is 0.500. The van der Waals surface area contributed by atoms with Crippen molar-refractivity contribution in [2.45, 2.75) is 24.9 Å². The van der Waals surface area contributed by atoms with Crippen molar-refractivity contribution in [2.75, 3.05) is 26.9 Å². The van der Waals surface area contributed by atoms with Crippen LogP contribution in [-0.2, 0) is 20.9 Å². The summed E-state index contributed by atoms with van der Waals surface area (Å²) >= 11 is 0. The maximum absolute atomic E-state index is 12.1. The summed E-state index contributed by atoms with van der Waals surface area (Å²) in [5, 5.41) is 5.34. The molecule has 1 fully saturated rings. The van der Waals surface area contributed by atoms with Gasteiger partial charge < -0.3 is 25.8 Å². The van der Waals surface area contributed by atoms with Crippen molar-refractivity contribution >= 4 is 24.2 Å². The molecule has 0 aliphatic carbocycles. The number of amides is 2. The predicted octanol–water partition coefficient (Wildman–Crippen LogP) is 0.357. The van der Waals surface area contributed by atoms with Crippen molar-refractivity contribution in [3.63, 3.8) is 0 Å². The Hall–Kier alpha value is -1.83. The minimum Gasteiger partial charge on any atom is -0.497 e. The van der Waals surface area contributed by atoms with E-state index in [4.69, 9.17) is 15.2 Å². The van der Waals surface area contributed by atoms with E-state index in [1.54, 1.807) is 7.11 Å². The molecule has 1 saturated heterocycles. The minimum atomic E-state index is -0.936. The van der Waals surface area contributed by atoms with E-state index < -0.39 is 5.54 Å². The van der Waals surface area contributed by atoms with Crippen LogP contribution in [0, 0.1) is 0 Å². The Morgan fingerprint density at radius 3 is 2.42 bits per heavy atom. The maximum atomic E-state index is 12.1. The third-order valence-corrected chi connectivity index (χ3v) is 3.90. The number of halogens is 1. The molecule has 0 saturated carbocycles. The molecule has 1 aromatic carbocycles. The molecular weight excluding hydrogens is 334 g/mol. The third kappa shape index (κ3) is 5.67. The van der Waals surface area contributed by atoms with E-state index >= 15 is 0 Å². The van der Waals surface area contributed by atoms with Crippen molar-refractivity contribution in [2.24, 2.45) is 5.73 Å². The fourth-order valence-electron chi connectivity index (χ4n) is 2.31. The van der Waals surface area contributed by atoms with Gasteiger partial charge in [0.05, 0.1) is 19.2 Å². The molecular formula is C16H24ClN3O4. The molecule has 1 aliphatic heterocycles. The van der Waals surface area contributed by atoms with E-state index in [-0.39, 0.29) is 30.8 Å². The lowest BCUT2D eigenvalue weighted by molar-refractivity contribution is -0.132. The standard InChI is InChI=1S/C16H23N3O4.ClH/c1-22-13-4-2-12(3-5-13)10-18-14(20)11-19-15(21)16(17)6-8-23-9-7-16;/h2-5H,6-11,17H2,1H3,(H,18,20)(H,19,21);1H. The molecule has 134 valence electrons. The van der Waals surface area contributed by atoms with Gasteiger partial charge in [-0.1, -0.05) is 12.1 Å². The van der Waals surface area contributed by atoms with Gasteiger partial charge in [-0.25, -0.2) is 0 Å². The van der Waals surface area contributed by atoms with Crippen molar-refractivity contribution in [1.29, 1.82) is 0 Å². The molecule has 0 unspecified atom stereocenters. The molecule has 2 amide bonds. The Labute approximate surface area is 147 Å². The molecule has 7 nitrogen and oxygen atoms in total. The number of nitrogens with one attached hydrogen (secondary N) is 2. The van der Waals surface area contributed by atoms with Crippen LogP contribution in [0.25, 0.3) is 0 Å². The second-order valence-corrected chi connectivity index (χ2v) is 5.58. The van der Waals surface area contributed by atoms with E-state index in [1.807, 2.05) is 24.3 Å². The first-order chi connectivity index (χ1) is 11.0. The summed E-state index contributed by atoms with van der Waals surface area (Å²) in [5.74, 6) is 0.197. The Morgan fingerprint density at radius 1 is 1.21 bits per heavy atom. The Morgan fingerprint density at radius 2 is 1.83 bits per heavy atom. The Kier molecular flexibility index (Phi) is 7.97. The minimum absolute atomic E-state index is 0. The SMILES string of the molecule is COc1ccc(CNC(=O)CNC(=O)C2(N)CCOCC2)cc1.Cl. The molecule has 0 bridgehead atoms. The normalized spacial score (nSPS) is 15.8. The number of ether oxygens (including phenoxy) is 2. The third-order valence-electron chi connectivity index (χ3n) is 3.90. The Bertz CT molecular complexity index is 545. The van der Waals surface area contributed by atoms with Crippen LogP contribution >= 0.6 is 12.4 Å². The summed E-state index contributed by atoms with van der Waals surface area (Å²) in [5.41, 5.74) is 6.06. The summed E-state index contributed by atoms with van der Waals surface area (Å²) in [7, 11) is 1.60. The average molecular weight is 358 g/mol. The first kappa shape index (κ1) is 20.2. The lowest BCUT2D eigenvalue weighted by Gasteiger charge is -2.31. The molecule has 24 heavy (non-hydrogen) atoms. The highest BCUT2D eigenvalue weighted by atomic mass is 35.5. The van der Waals surface area contributed by atoms with Crippen molar-refractivity contribution in [3.05, 3.63) is 29.8 Å². The zero-order chi connectivity index (χ0) is 16.7. The summed E-state index contributed by atoms with van der Waals surface area (Å²) in [6, 6.07) is 7.39. The molecule has 1 aliphatic rings. The quantitative estimate of drug-likeness (QED) is 0.682. The van der Waals surface area contributed by atoms with Gasteiger partial charge in [0.1, 0.15) is 5.75 Å². The highest BCUT2D eigenvalue weighted by Gasteiger charge is 2.35. The number of benzene rings is 1. The van der Waals surface area contributed by atoms with E-state index in [1.165, 1.54) is 0 Å². The zero-order valence-electron chi connectivity index (χ0n) is 13.7. The fourth-order valence-corrected chi connectivity index (χ4v) is 2.31. The van der Waals surface area contributed by atoms with Gasteiger partial charge in [-0.3, -0.25) is 9.59 Å². The van der Waals surface area contributed by atoms with Gasteiger partial charge in [-0.2, -0.15) is 0 Å². The van der Waals surface area contributed by atoms with E-state index in [9.17, 15) is 9.59 Å². The first-order valence-corrected chi connectivity index (χ1v) is 7.58. The van der Waals surface area contributed by atoms with Crippen LogP contribution < -0.4 is 21.1 Å². The molecule has 1 aromatic rings. The zero-order valence-corrected chi connectivity index (χ0v) is 14.5. The van der Waals surface area contributed by atoms with Crippen LogP contribution in [0.1, 0.15) is 18.4 Å². The number of methoxy groups -OCH3 is 1. The lowest BCUT2D eigenvalue weighted by Crippen LogP contribution is -2.58. The molecule has 0 spiro atoms. The van der Waals surface area contributed by atoms with E-state index in [0.29, 0.717) is 32.6 Å². The summed E-state index contributed by atoms with van der Waals surface area (Å²) in [4.78, 5) is 23.9. The molecule has 8 heteroatoms. The van der Waals surface area contributed by atoms with E-state index in [2.05, 4.69) is 10.6 Å². The van der Waals surface area contributed by atoms with Gasteiger partial charge in [-0.15, -0.1) is 12.4 Å². The van der Waals surface area contributed by atoms with Crippen LogP contribution in [-0.4, -0.2) is 44.2 Å². The highest BCUT2D eigenvalue weighted by molar-refractivity contribution is 5.90. The first-order valence-electron chi connectivity index (χ1n) is 7.58. The molecule has 2 rings (SSSR count). The van der Waals surface area contributed by atoms with Crippen molar-refractivity contribution in [1.82, 2.24) is 10.6 Å². The van der Waals surface area contributed by atoms with Crippen LogP contribution in [0.5, 0.6) is 5.75 Å². The number of rotatable bonds is 6. The lowest BCUT2D eigenvalue weighted by atomic mass is 9.90. The van der Waals surface area contributed by atoms with Gasteiger partial charge in [0.2, 0.25) is 11.8 Å². The number of carbonyl (C=O) groups excluding carboxylic acids is 2. The summed E-state index contributed by atoms with van der Waals surface area (Å²) in [6.45, 7) is 1.23. The maximum Gasteiger partial charge on any atom is 0.240 e.